The van der Waals surface area contributed by atoms with Crippen LogP contribution >= 0.6 is 0 Å². The molecule has 4 aromatic rings. The number of hydrogen-bond donors (Lipinski definition) is 2. The Morgan fingerprint density at radius 3 is 2.63 bits per heavy atom. The third-order valence-corrected chi connectivity index (χ3v) is 6.88. The summed E-state index contributed by atoms with van der Waals surface area (Å²) in [6, 6.07) is 7.72. The van der Waals surface area contributed by atoms with Crippen molar-refractivity contribution in [2.75, 3.05) is 30.3 Å². The van der Waals surface area contributed by atoms with Crippen LogP contribution in [0.5, 0.6) is 0 Å². The highest BCUT2D eigenvalue weighted by Gasteiger charge is 2.30. The average molecular weight is 513 g/mol. The monoisotopic (exact) mass is 512 g/mol. The van der Waals surface area contributed by atoms with Crippen molar-refractivity contribution < 1.29 is 9.59 Å². The molecule has 194 valence electrons. The van der Waals surface area contributed by atoms with Gasteiger partial charge in [-0.15, -0.1) is 5.10 Å². The van der Waals surface area contributed by atoms with E-state index in [-0.39, 0.29) is 23.6 Å². The highest BCUT2D eigenvalue weighted by molar-refractivity contribution is 6.08. The first-order chi connectivity index (χ1) is 18.2. The second-order valence-electron chi connectivity index (χ2n) is 9.90. The van der Waals surface area contributed by atoms with Gasteiger partial charge in [0.2, 0.25) is 5.91 Å². The van der Waals surface area contributed by atoms with Crippen LogP contribution in [0.1, 0.15) is 35.9 Å². The molecular formula is C26H28N10O2. The number of carbonyl (C=O) groups is 2. The fourth-order valence-electron chi connectivity index (χ4n) is 4.43. The summed E-state index contributed by atoms with van der Waals surface area (Å²) in [6.07, 6.45) is 8.47. The van der Waals surface area contributed by atoms with Crippen LogP contribution in [0.4, 0.5) is 11.4 Å². The van der Waals surface area contributed by atoms with Gasteiger partial charge in [-0.1, -0.05) is 11.3 Å². The fourth-order valence-corrected chi connectivity index (χ4v) is 4.43. The number of nitriles is 1. The molecule has 38 heavy (non-hydrogen) atoms. The van der Waals surface area contributed by atoms with Gasteiger partial charge in [-0.25, -0.2) is 4.52 Å². The van der Waals surface area contributed by atoms with Gasteiger partial charge in [0.25, 0.3) is 5.91 Å². The highest BCUT2D eigenvalue weighted by Crippen LogP contribution is 2.29. The molecule has 0 unspecified atom stereocenters. The zero-order valence-electron chi connectivity index (χ0n) is 21.5. The third kappa shape index (κ3) is 5.23. The number of amides is 2. The lowest BCUT2D eigenvalue weighted by atomic mass is 9.82. The molecule has 12 heteroatoms. The zero-order valence-corrected chi connectivity index (χ0v) is 21.5. The summed E-state index contributed by atoms with van der Waals surface area (Å²) in [5.74, 6) is -0.612. The Balaban J connectivity index is 1.25. The van der Waals surface area contributed by atoms with E-state index in [9.17, 15) is 14.9 Å². The Labute approximate surface area is 219 Å². The van der Waals surface area contributed by atoms with Crippen molar-refractivity contribution in [1.82, 2.24) is 34.5 Å². The molecule has 0 spiro atoms. The van der Waals surface area contributed by atoms with Gasteiger partial charge in [-0.3, -0.25) is 24.2 Å². The van der Waals surface area contributed by atoms with E-state index in [1.54, 1.807) is 46.8 Å². The molecule has 4 aromatic heterocycles. The maximum Gasteiger partial charge on any atom is 0.278 e. The van der Waals surface area contributed by atoms with E-state index in [0.717, 1.165) is 24.0 Å². The van der Waals surface area contributed by atoms with Crippen molar-refractivity contribution >= 4 is 28.7 Å². The van der Waals surface area contributed by atoms with Crippen LogP contribution in [0.3, 0.4) is 0 Å². The van der Waals surface area contributed by atoms with Crippen molar-refractivity contribution in [2.24, 2.45) is 12.5 Å². The molecule has 5 heterocycles. The first-order valence-corrected chi connectivity index (χ1v) is 12.3. The molecular weight excluding hydrogens is 484 g/mol. The summed E-state index contributed by atoms with van der Waals surface area (Å²) < 4.78 is 3.27. The topological polar surface area (TPSA) is 146 Å². The first kappa shape index (κ1) is 25.0. The van der Waals surface area contributed by atoms with Crippen molar-refractivity contribution in [1.29, 1.82) is 5.26 Å². The van der Waals surface area contributed by atoms with Crippen molar-refractivity contribution in [3.8, 4) is 17.2 Å². The van der Waals surface area contributed by atoms with Crippen molar-refractivity contribution in [3.63, 3.8) is 0 Å². The Bertz CT molecular complexity index is 1560. The quantitative estimate of drug-likeness (QED) is 0.401. The second-order valence-corrected chi connectivity index (χ2v) is 9.90. The fraction of sp³-hybridized carbons (Fsp3) is 0.346. The van der Waals surface area contributed by atoms with Crippen LogP contribution in [0.15, 0.2) is 43.0 Å². The van der Waals surface area contributed by atoms with Gasteiger partial charge < -0.3 is 10.6 Å². The van der Waals surface area contributed by atoms with E-state index in [0.29, 0.717) is 35.7 Å². The number of aromatic nitrogens is 6. The SMILES string of the molecule is Cc1ncc(NC(=O)CN2CCC(C)(C#N)CC2)cc1NC(=O)c1nnn2cc(-c3cnn(C)c3)ccc12. The number of rotatable bonds is 6. The average Bonchev–Trinajstić information content (AvgIpc) is 3.53. The number of carbonyl (C=O) groups excluding carboxylic acids is 2. The Morgan fingerprint density at radius 1 is 1.13 bits per heavy atom. The molecule has 0 atom stereocenters. The maximum absolute atomic E-state index is 13.1. The molecule has 1 fully saturated rings. The van der Waals surface area contributed by atoms with Crippen LogP contribution in [-0.2, 0) is 11.8 Å². The van der Waals surface area contributed by atoms with Crippen LogP contribution in [0, 0.1) is 23.7 Å². The van der Waals surface area contributed by atoms with E-state index in [2.05, 4.69) is 37.1 Å². The van der Waals surface area contributed by atoms with Gasteiger partial charge in [0.1, 0.15) is 0 Å². The normalized spacial score (nSPS) is 15.2. The number of pyridine rings is 2. The number of aryl methyl sites for hydroxylation is 2. The molecule has 1 aliphatic rings. The molecule has 1 aliphatic heterocycles. The van der Waals surface area contributed by atoms with Crippen molar-refractivity contribution in [2.45, 2.75) is 26.7 Å². The number of piperidine rings is 1. The lowest BCUT2D eigenvalue weighted by molar-refractivity contribution is -0.117. The minimum atomic E-state index is -0.434. The molecule has 0 radical (unpaired) electrons. The van der Waals surface area contributed by atoms with E-state index in [1.807, 2.05) is 31.1 Å². The molecule has 0 saturated carbocycles. The summed E-state index contributed by atoms with van der Waals surface area (Å²) in [6.45, 7) is 5.35. The molecule has 2 amide bonds. The van der Waals surface area contributed by atoms with Crippen LogP contribution in [0.2, 0.25) is 0 Å². The Morgan fingerprint density at radius 2 is 1.92 bits per heavy atom. The summed E-state index contributed by atoms with van der Waals surface area (Å²) in [7, 11) is 1.85. The van der Waals surface area contributed by atoms with Crippen molar-refractivity contribution in [3.05, 3.63) is 54.4 Å². The van der Waals surface area contributed by atoms with Crippen LogP contribution in [-0.4, -0.2) is 65.9 Å². The molecule has 2 N–H and O–H groups in total. The minimum Gasteiger partial charge on any atom is -0.324 e. The third-order valence-electron chi connectivity index (χ3n) is 6.88. The number of nitrogens with zero attached hydrogens (tertiary/aromatic N) is 8. The Kier molecular flexibility index (Phi) is 6.61. The molecule has 5 rings (SSSR count). The largest absolute Gasteiger partial charge is 0.324 e. The predicted octanol–water partition coefficient (Wildman–Crippen LogP) is 2.65. The Hall–Kier alpha value is -4.63. The van der Waals surface area contributed by atoms with E-state index in [1.165, 1.54) is 0 Å². The number of likely N-dealkylation sites (tertiary alicyclic amines) is 1. The second kappa shape index (κ2) is 10.0. The smallest absolute Gasteiger partial charge is 0.278 e. The molecule has 0 aromatic carbocycles. The van der Waals surface area contributed by atoms with E-state index in [4.69, 9.17) is 0 Å². The van der Waals surface area contributed by atoms with Gasteiger partial charge in [-0.2, -0.15) is 10.4 Å². The summed E-state index contributed by atoms with van der Waals surface area (Å²) in [5, 5.41) is 27.4. The van der Waals surface area contributed by atoms with E-state index < -0.39 is 5.91 Å². The van der Waals surface area contributed by atoms with Gasteiger partial charge in [0.15, 0.2) is 5.69 Å². The van der Waals surface area contributed by atoms with Gasteiger partial charge >= 0.3 is 0 Å². The van der Waals surface area contributed by atoms with Gasteiger partial charge in [0.05, 0.1) is 53.0 Å². The van der Waals surface area contributed by atoms with E-state index >= 15 is 0 Å². The molecule has 12 nitrogen and oxygen atoms in total. The number of fused-ring (bicyclic) bond motifs is 1. The minimum absolute atomic E-state index is 0.172. The molecule has 0 aliphatic carbocycles. The standard InChI is InChI=1S/C26H28N10O2/c1-17-21(10-20(12-28-17)30-23(37)15-35-8-6-26(2,16-27)7-9-35)31-25(38)24-22-5-4-18(14-36(22)33-32-24)19-11-29-34(3)13-19/h4-5,10-14H,6-9,15H2,1-3H3,(H,30,37)(H,31,38). The molecule has 0 bridgehead atoms. The highest BCUT2D eigenvalue weighted by atomic mass is 16.2. The predicted molar refractivity (Wildman–Crippen MR) is 140 cm³/mol. The lowest BCUT2D eigenvalue weighted by Gasteiger charge is -2.34. The van der Waals surface area contributed by atoms with Gasteiger partial charge in [0, 0.05) is 43.7 Å². The molecule has 1 saturated heterocycles. The van der Waals surface area contributed by atoms with Crippen LogP contribution in [0.25, 0.3) is 16.6 Å². The lowest BCUT2D eigenvalue weighted by Crippen LogP contribution is -2.42. The number of hydrogen-bond acceptors (Lipinski definition) is 8. The summed E-state index contributed by atoms with van der Waals surface area (Å²) in [4.78, 5) is 32.1. The number of anilines is 2. The van der Waals surface area contributed by atoms with Crippen LogP contribution < -0.4 is 10.6 Å². The summed E-state index contributed by atoms with van der Waals surface area (Å²) >= 11 is 0. The number of nitrogens with one attached hydrogen (secondary N) is 2. The first-order valence-electron chi connectivity index (χ1n) is 12.3. The zero-order chi connectivity index (χ0) is 26.9. The summed E-state index contributed by atoms with van der Waals surface area (Å²) in [5.41, 5.74) is 3.77. The maximum atomic E-state index is 13.1. The van der Waals surface area contributed by atoms with Gasteiger partial charge in [-0.05, 0) is 38.8 Å².